The number of nitrogens with zero attached hydrogens (tertiary/aromatic N) is 3. The van der Waals surface area contributed by atoms with Crippen molar-refractivity contribution in [2.24, 2.45) is 5.10 Å². The Morgan fingerprint density at radius 2 is 1.77 bits per heavy atom. The van der Waals surface area contributed by atoms with Crippen LogP contribution in [0.5, 0.6) is 0 Å². The van der Waals surface area contributed by atoms with E-state index in [4.69, 9.17) is 0 Å². The number of hydrogen-bond donors (Lipinski definition) is 1. The summed E-state index contributed by atoms with van der Waals surface area (Å²) in [6, 6.07) is 13.4. The number of nitro groups is 1. The summed E-state index contributed by atoms with van der Waals surface area (Å²) in [5.74, 6) is -0.333. The highest BCUT2D eigenvalue weighted by atomic mass is 16.6. The van der Waals surface area contributed by atoms with E-state index in [0.717, 1.165) is 18.8 Å². The normalized spacial score (nSPS) is 11.1. The first-order chi connectivity index (χ1) is 12.5. The molecule has 0 aromatic heterocycles. The molecule has 1 amide bonds. The van der Waals surface area contributed by atoms with Crippen LogP contribution in [0.2, 0.25) is 0 Å². The Balaban J connectivity index is 2.08. The summed E-state index contributed by atoms with van der Waals surface area (Å²) < 4.78 is 0. The maximum absolute atomic E-state index is 12.2. The molecule has 0 saturated heterocycles. The number of hydrazone groups is 1. The number of benzene rings is 2. The standard InChI is InChI=1S/C19H22N4O3/c1-4-22(5-2)17-11-9-15(10-12-17)19(24)21-20-14(3)16-7-6-8-18(13-16)23(25)26/h6-13H,4-5H2,1-3H3,(H,21,24)/b20-14-. The Bertz CT molecular complexity index is 812. The lowest BCUT2D eigenvalue weighted by atomic mass is 10.1. The molecule has 0 atom stereocenters. The van der Waals surface area contributed by atoms with Gasteiger partial charge in [-0.1, -0.05) is 12.1 Å². The van der Waals surface area contributed by atoms with E-state index in [9.17, 15) is 14.9 Å². The van der Waals surface area contributed by atoms with Crippen molar-refractivity contribution in [3.05, 3.63) is 69.8 Å². The summed E-state index contributed by atoms with van der Waals surface area (Å²) in [6.45, 7) is 7.64. The third kappa shape index (κ3) is 4.66. The van der Waals surface area contributed by atoms with Crippen LogP contribution < -0.4 is 10.3 Å². The summed E-state index contributed by atoms with van der Waals surface area (Å²) >= 11 is 0. The van der Waals surface area contributed by atoms with Crippen LogP contribution in [0.25, 0.3) is 0 Å². The van der Waals surface area contributed by atoms with Gasteiger partial charge in [0.05, 0.1) is 10.6 Å². The van der Waals surface area contributed by atoms with Crippen molar-refractivity contribution in [1.29, 1.82) is 0 Å². The van der Waals surface area contributed by atoms with E-state index >= 15 is 0 Å². The highest BCUT2D eigenvalue weighted by Crippen LogP contribution is 2.15. The number of amides is 1. The summed E-state index contributed by atoms with van der Waals surface area (Å²) in [6.07, 6.45) is 0. The molecule has 2 aromatic rings. The summed E-state index contributed by atoms with van der Waals surface area (Å²) in [5.41, 5.74) is 5.09. The van der Waals surface area contributed by atoms with Crippen molar-refractivity contribution >= 4 is 23.0 Å². The predicted octanol–water partition coefficient (Wildman–Crippen LogP) is 3.60. The number of hydrogen-bond acceptors (Lipinski definition) is 5. The molecule has 0 bridgehead atoms. The number of carbonyl (C=O) groups excluding carboxylic acids is 1. The lowest BCUT2D eigenvalue weighted by Gasteiger charge is -2.20. The smallest absolute Gasteiger partial charge is 0.271 e. The van der Waals surface area contributed by atoms with E-state index in [0.29, 0.717) is 16.8 Å². The molecule has 0 aliphatic carbocycles. The first-order valence-electron chi connectivity index (χ1n) is 8.40. The number of nitrogens with one attached hydrogen (secondary N) is 1. The molecular weight excluding hydrogens is 332 g/mol. The molecular formula is C19H22N4O3. The van der Waals surface area contributed by atoms with Gasteiger partial charge in [0.15, 0.2) is 0 Å². The molecule has 0 unspecified atom stereocenters. The fourth-order valence-corrected chi connectivity index (χ4v) is 2.52. The second-order valence-electron chi connectivity index (χ2n) is 5.66. The van der Waals surface area contributed by atoms with Crippen molar-refractivity contribution in [3.8, 4) is 0 Å². The van der Waals surface area contributed by atoms with Crippen molar-refractivity contribution < 1.29 is 9.72 Å². The molecule has 7 nitrogen and oxygen atoms in total. The SMILES string of the molecule is CCN(CC)c1ccc(C(=O)N/N=C(/C)c2cccc([N+](=O)[O-])c2)cc1. The van der Waals surface area contributed by atoms with Crippen LogP contribution in [0.4, 0.5) is 11.4 Å². The van der Waals surface area contributed by atoms with E-state index in [-0.39, 0.29) is 11.6 Å². The van der Waals surface area contributed by atoms with Gasteiger partial charge in [0.2, 0.25) is 0 Å². The topological polar surface area (TPSA) is 87.8 Å². The van der Waals surface area contributed by atoms with Gasteiger partial charge in [-0.25, -0.2) is 5.43 Å². The van der Waals surface area contributed by atoms with Gasteiger partial charge in [-0.2, -0.15) is 5.10 Å². The number of nitro benzene ring substituents is 1. The fraction of sp³-hybridized carbons (Fsp3) is 0.263. The minimum atomic E-state index is -0.465. The number of rotatable bonds is 7. The molecule has 136 valence electrons. The van der Waals surface area contributed by atoms with Crippen LogP contribution >= 0.6 is 0 Å². The first kappa shape index (κ1) is 19.1. The second-order valence-corrected chi connectivity index (χ2v) is 5.66. The Labute approximate surface area is 152 Å². The molecule has 7 heteroatoms. The van der Waals surface area contributed by atoms with Crippen LogP contribution in [0.3, 0.4) is 0 Å². The lowest BCUT2D eigenvalue weighted by Crippen LogP contribution is -2.22. The Morgan fingerprint density at radius 3 is 2.35 bits per heavy atom. The van der Waals surface area contributed by atoms with Crippen molar-refractivity contribution in [1.82, 2.24) is 5.43 Å². The van der Waals surface area contributed by atoms with Crippen molar-refractivity contribution in [2.75, 3.05) is 18.0 Å². The maximum Gasteiger partial charge on any atom is 0.271 e. The Morgan fingerprint density at radius 1 is 1.12 bits per heavy atom. The highest BCUT2D eigenvalue weighted by molar-refractivity contribution is 6.01. The van der Waals surface area contributed by atoms with E-state index in [2.05, 4.69) is 29.3 Å². The van der Waals surface area contributed by atoms with Gasteiger partial charge in [0.25, 0.3) is 11.6 Å². The summed E-state index contributed by atoms with van der Waals surface area (Å²) in [5, 5.41) is 14.9. The molecule has 1 N–H and O–H groups in total. The van der Waals surface area contributed by atoms with E-state index < -0.39 is 4.92 Å². The minimum Gasteiger partial charge on any atom is -0.372 e. The molecule has 0 saturated carbocycles. The highest BCUT2D eigenvalue weighted by Gasteiger charge is 2.09. The van der Waals surface area contributed by atoms with Crippen LogP contribution in [0, 0.1) is 10.1 Å². The van der Waals surface area contributed by atoms with Crippen LogP contribution in [0.15, 0.2) is 53.6 Å². The molecule has 2 rings (SSSR count). The van der Waals surface area contributed by atoms with E-state index in [1.807, 2.05) is 12.1 Å². The van der Waals surface area contributed by atoms with Crippen LogP contribution in [0.1, 0.15) is 36.7 Å². The number of anilines is 1. The van der Waals surface area contributed by atoms with Gasteiger partial charge in [-0.3, -0.25) is 14.9 Å². The zero-order chi connectivity index (χ0) is 19.1. The first-order valence-corrected chi connectivity index (χ1v) is 8.40. The molecule has 2 aromatic carbocycles. The molecule has 0 aliphatic rings. The van der Waals surface area contributed by atoms with Gasteiger partial charge in [-0.15, -0.1) is 0 Å². The van der Waals surface area contributed by atoms with Gasteiger partial charge >= 0.3 is 0 Å². The van der Waals surface area contributed by atoms with Crippen molar-refractivity contribution in [2.45, 2.75) is 20.8 Å². The Hall–Kier alpha value is -3.22. The van der Waals surface area contributed by atoms with Crippen molar-refractivity contribution in [3.63, 3.8) is 0 Å². The molecule has 0 fully saturated rings. The quantitative estimate of drug-likeness (QED) is 0.467. The zero-order valence-electron chi connectivity index (χ0n) is 15.1. The van der Waals surface area contributed by atoms with E-state index in [1.54, 1.807) is 31.2 Å². The number of carbonyl (C=O) groups is 1. The second kappa shape index (κ2) is 8.75. The predicted molar refractivity (Wildman–Crippen MR) is 103 cm³/mol. The summed E-state index contributed by atoms with van der Waals surface area (Å²) in [7, 11) is 0. The average Bonchev–Trinajstić information content (AvgIpc) is 2.67. The third-order valence-electron chi connectivity index (χ3n) is 4.06. The van der Waals surface area contributed by atoms with Crippen LogP contribution in [-0.4, -0.2) is 29.6 Å². The van der Waals surface area contributed by atoms with Crippen LogP contribution in [-0.2, 0) is 0 Å². The fourth-order valence-electron chi connectivity index (χ4n) is 2.52. The maximum atomic E-state index is 12.2. The third-order valence-corrected chi connectivity index (χ3v) is 4.06. The van der Waals surface area contributed by atoms with Gasteiger partial charge in [-0.05, 0) is 45.0 Å². The van der Waals surface area contributed by atoms with Gasteiger partial charge in [0.1, 0.15) is 0 Å². The van der Waals surface area contributed by atoms with Gasteiger partial charge in [0, 0.05) is 42.0 Å². The summed E-state index contributed by atoms with van der Waals surface area (Å²) in [4.78, 5) is 24.8. The molecule has 26 heavy (non-hydrogen) atoms. The van der Waals surface area contributed by atoms with E-state index in [1.165, 1.54) is 12.1 Å². The average molecular weight is 354 g/mol. The molecule has 0 heterocycles. The zero-order valence-corrected chi connectivity index (χ0v) is 15.1. The molecule has 0 spiro atoms. The minimum absolute atomic E-state index is 0.0182. The Kier molecular flexibility index (Phi) is 6.43. The molecule has 0 radical (unpaired) electrons. The lowest BCUT2D eigenvalue weighted by molar-refractivity contribution is -0.384. The van der Waals surface area contributed by atoms with Gasteiger partial charge < -0.3 is 4.90 Å². The monoisotopic (exact) mass is 354 g/mol. The largest absolute Gasteiger partial charge is 0.372 e. The number of non-ortho nitro benzene ring substituents is 1. The molecule has 0 aliphatic heterocycles.